The standard InChI is InChI=1S/C7H12O/c1-4-5-6(2)7(3)8/h4-5,8H,1-3H3. The molecule has 0 radical (unpaired) electrons. The zero-order valence-electron chi connectivity index (χ0n) is 5.60. The number of rotatable bonds is 1. The van der Waals surface area contributed by atoms with Crippen molar-refractivity contribution >= 4 is 0 Å². The van der Waals surface area contributed by atoms with Gasteiger partial charge in [0.1, 0.15) is 0 Å². The lowest BCUT2D eigenvalue weighted by Gasteiger charge is -1.90. The van der Waals surface area contributed by atoms with Gasteiger partial charge < -0.3 is 5.11 Å². The molecule has 0 saturated carbocycles. The normalized spacial score (nSPS) is 14.4. The molecule has 1 heteroatoms. The third kappa shape index (κ3) is 2.45. The summed E-state index contributed by atoms with van der Waals surface area (Å²) in [6.45, 7) is 5.47. The largest absolute Gasteiger partial charge is 0.512 e. The van der Waals surface area contributed by atoms with Gasteiger partial charge in [0.05, 0.1) is 5.76 Å². The summed E-state index contributed by atoms with van der Waals surface area (Å²) in [5.41, 5.74) is 0.924. The molecule has 0 spiro atoms. The fourth-order valence-electron chi connectivity index (χ4n) is 0.371. The first-order chi connectivity index (χ1) is 3.68. The zero-order valence-corrected chi connectivity index (χ0v) is 5.60. The molecule has 0 atom stereocenters. The molecule has 1 nitrogen and oxygen atoms in total. The Balaban J connectivity index is 4.00. The molecular weight excluding hydrogens is 100 g/mol. The summed E-state index contributed by atoms with van der Waals surface area (Å²) in [5.74, 6) is 0.392. The van der Waals surface area contributed by atoms with E-state index >= 15 is 0 Å². The summed E-state index contributed by atoms with van der Waals surface area (Å²) in [5, 5.41) is 8.78. The number of aliphatic hydroxyl groups is 1. The molecule has 46 valence electrons. The Kier molecular flexibility index (Phi) is 3.01. The van der Waals surface area contributed by atoms with E-state index < -0.39 is 0 Å². The van der Waals surface area contributed by atoms with E-state index in [0.29, 0.717) is 5.76 Å². The summed E-state index contributed by atoms with van der Waals surface area (Å²) in [6, 6.07) is 0. The van der Waals surface area contributed by atoms with Crippen LogP contribution in [-0.2, 0) is 0 Å². The molecule has 0 aliphatic heterocycles. The van der Waals surface area contributed by atoms with Gasteiger partial charge in [-0.15, -0.1) is 0 Å². The fourth-order valence-corrected chi connectivity index (χ4v) is 0.371. The highest BCUT2D eigenvalue weighted by Gasteiger charge is 1.83. The van der Waals surface area contributed by atoms with Crippen LogP contribution in [0.4, 0.5) is 0 Å². The van der Waals surface area contributed by atoms with E-state index in [9.17, 15) is 0 Å². The summed E-state index contributed by atoms with van der Waals surface area (Å²) >= 11 is 0. The first-order valence-corrected chi connectivity index (χ1v) is 2.67. The van der Waals surface area contributed by atoms with E-state index in [1.54, 1.807) is 6.92 Å². The van der Waals surface area contributed by atoms with Crippen LogP contribution >= 0.6 is 0 Å². The lowest BCUT2D eigenvalue weighted by Crippen LogP contribution is -1.75. The van der Waals surface area contributed by atoms with Crippen molar-refractivity contribution in [3.8, 4) is 0 Å². The first kappa shape index (κ1) is 7.28. The fraction of sp³-hybridized carbons (Fsp3) is 0.429. The van der Waals surface area contributed by atoms with E-state index in [2.05, 4.69) is 0 Å². The molecule has 0 unspecified atom stereocenters. The minimum atomic E-state index is 0.392. The quantitative estimate of drug-likeness (QED) is 0.408. The van der Waals surface area contributed by atoms with Crippen LogP contribution in [0.3, 0.4) is 0 Å². The summed E-state index contributed by atoms with van der Waals surface area (Å²) < 4.78 is 0. The molecule has 0 heterocycles. The van der Waals surface area contributed by atoms with Crippen LogP contribution in [0.25, 0.3) is 0 Å². The molecule has 0 bridgehead atoms. The predicted octanol–water partition coefficient (Wildman–Crippen LogP) is 2.41. The summed E-state index contributed by atoms with van der Waals surface area (Å²) in [4.78, 5) is 0. The van der Waals surface area contributed by atoms with Crippen molar-refractivity contribution in [2.45, 2.75) is 20.8 Å². The Morgan fingerprint density at radius 3 is 2.00 bits per heavy atom. The van der Waals surface area contributed by atoms with Crippen molar-refractivity contribution < 1.29 is 5.11 Å². The van der Waals surface area contributed by atoms with E-state index in [0.717, 1.165) is 5.57 Å². The minimum Gasteiger partial charge on any atom is -0.512 e. The van der Waals surface area contributed by atoms with Crippen LogP contribution in [0.1, 0.15) is 20.8 Å². The molecular formula is C7H12O. The number of hydrogen-bond donors (Lipinski definition) is 1. The monoisotopic (exact) mass is 112 g/mol. The first-order valence-electron chi connectivity index (χ1n) is 2.67. The Morgan fingerprint density at radius 1 is 1.38 bits per heavy atom. The lowest BCUT2D eigenvalue weighted by atomic mass is 10.2. The number of aliphatic hydroxyl groups excluding tert-OH is 1. The molecule has 0 rings (SSSR count). The molecule has 0 aromatic heterocycles. The molecule has 0 saturated heterocycles. The van der Waals surface area contributed by atoms with Crippen LogP contribution in [0, 0.1) is 0 Å². The van der Waals surface area contributed by atoms with Crippen molar-refractivity contribution in [3.05, 3.63) is 23.5 Å². The molecule has 0 aromatic carbocycles. The Bertz CT molecular complexity index is 116. The second-order valence-corrected chi connectivity index (χ2v) is 1.77. The van der Waals surface area contributed by atoms with E-state index in [1.807, 2.05) is 26.0 Å². The topological polar surface area (TPSA) is 20.2 Å². The van der Waals surface area contributed by atoms with Gasteiger partial charge in [0.25, 0.3) is 0 Å². The molecule has 0 amide bonds. The highest BCUT2D eigenvalue weighted by Crippen LogP contribution is 1.99. The second kappa shape index (κ2) is 3.30. The molecule has 0 fully saturated rings. The van der Waals surface area contributed by atoms with Crippen molar-refractivity contribution in [3.63, 3.8) is 0 Å². The third-order valence-corrected chi connectivity index (χ3v) is 0.987. The Morgan fingerprint density at radius 2 is 1.88 bits per heavy atom. The van der Waals surface area contributed by atoms with Crippen molar-refractivity contribution in [2.75, 3.05) is 0 Å². The molecule has 1 N–H and O–H groups in total. The van der Waals surface area contributed by atoms with Gasteiger partial charge in [-0.25, -0.2) is 0 Å². The average molecular weight is 112 g/mol. The summed E-state index contributed by atoms with van der Waals surface area (Å²) in [7, 11) is 0. The Hall–Kier alpha value is -0.720. The van der Waals surface area contributed by atoms with Crippen LogP contribution in [0.15, 0.2) is 23.5 Å². The highest BCUT2D eigenvalue weighted by atomic mass is 16.3. The van der Waals surface area contributed by atoms with Crippen LogP contribution < -0.4 is 0 Å². The summed E-state index contributed by atoms with van der Waals surface area (Å²) in [6.07, 6.45) is 3.77. The van der Waals surface area contributed by atoms with Gasteiger partial charge >= 0.3 is 0 Å². The van der Waals surface area contributed by atoms with Gasteiger partial charge in [0, 0.05) is 0 Å². The molecule has 0 aliphatic rings. The number of hydrogen-bond acceptors (Lipinski definition) is 1. The third-order valence-electron chi connectivity index (χ3n) is 0.987. The maximum Gasteiger partial charge on any atom is 0.0920 e. The average Bonchev–Trinajstić information content (AvgIpc) is 1.67. The van der Waals surface area contributed by atoms with Crippen molar-refractivity contribution in [2.24, 2.45) is 0 Å². The smallest absolute Gasteiger partial charge is 0.0920 e. The van der Waals surface area contributed by atoms with Gasteiger partial charge in [-0.3, -0.25) is 0 Å². The second-order valence-electron chi connectivity index (χ2n) is 1.77. The lowest BCUT2D eigenvalue weighted by molar-refractivity contribution is 0.409. The van der Waals surface area contributed by atoms with Gasteiger partial charge in [0.15, 0.2) is 0 Å². The molecule has 8 heavy (non-hydrogen) atoms. The van der Waals surface area contributed by atoms with Crippen LogP contribution in [0.5, 0.6) is 0 Å². The Labute approximate surface area is 50.3 Å². The van der Waals surface area contributed by atoms with Gasteiger partial charge in [-0.2, -0.15) is 0 Å². The van der Waals surface area contributed by atoms with Gasteiger partial charge in [0.2, 0.25) is 0 Å². The van der Waals surface area contributed by atoms with Crippen molar-refractivity contribution in [1.82, 2.24) is 0 Å². The van der Waals surface area contributed by atoms with E-state index in [4.69, 9.17) is 5.11 Å². The van der Waals surface area contributed by atoms with E-state index in [1.165, 1.54) is 0 Å². The van der Waals surface area contributed by atoms with Crippen LogP contribution in [0.2, 0.25) is 0 Å². The maximum absolute atomic E-state index is 8.78. The highest BCUT2D eigenvalue weighted by molar-refractivity contribution is 5.17. The molecule has 0 aliphatic carbocycles. The zero-order chi connectivity index (χ0) is 6.57. The number of allylic oxidation sites excluding steroid dienone is 4. The van der Waals surface area contributed by atoms with Gasteiger partial charge in [-0.05, 0) is 26.3 Å². The molecule has 0 aromatic rings. The van der Waals surface area contributed by atoms with Gasteiger partial charge in [-0.1, -0.05) is 12.2 Å². The maximum atomic E-state index is 8.78. The van der Waals surface area contributed by atoms with Crippen molar-refractivity contribution in [1.29, 1.82) is 0 Å². The van der Waals surface area contributed by atoms with E-state index in [-0.39, 0.29) is 0 Å². The minimum absolute atomic E-state index is 0.392. The van der Waals surface area contributed by atoms with Crippen LogP contribution in [-0.4, -0.2) is 5.11 Å². The SMILES string of the molecule is CC=CC(C)=C(C)O. The predicted molar refractivity (Wildman–Crippen MR) is 35.8 cm³/mol.